The van der Waals surface area contributed by atoms with Crippen molar-refractivity contribution in [2.24, 2.45) is 0 Å². The highest BCUT2D eigenvalue weighted by Crippen LogP contribution is 2.28. The van der Waals surface area contributed by atoms with Crippen LogP contribution in [0.3, 0.4) is 0 Å². The van der Waals surface area contributed by atoms with Gasteiger partial charge in [-0.3, -0.25) is 0 Å². The molecule has 0 heterocycles. The van der Waals surface area contributed by atoms with Gasteiger partial charge in [-0.05, 0) is 43.9 Å². The Hall–Kier alpha value is -0.280. The lowest BCUT2D eigenvalue weighted by Crippen LogP contribution is -2.29. The molecule has 0 radical (unpaired) electrons. The molecule has 1 fully saturated rings. The first kappa shape index (κ1) is 14.1. The SMILES string of the molecule is COC1CCC(NC(C)c2ccc(Cl)c(Cl)c2)C1. The van der Waals surface area contributed by atoms with Crippen LogP contribution in [0.5, 0.6) is 0 Å². The van der Waals surface area contributed by atoms with Crippen molar-refractivity contribution in [2.75, 3.05) is 7.11 Å². The maximum absolute atomic E-state index is 6.04. The van der Waals surface area contributed by atoms with Crippen LogP contribution < -0.4 is 5.32 Å². The molecule has 0 bridgehead atoms. The number of ether oxygens (including phenoxy) is 1. The first-order valence-electron chi connectivity index (χ1n) is 6.34. The van der Waals surface area contributed by atoms with Crippen molar-refractivity contribution in [2.45, 2.75) is 44.4 Å². The van der Waals surface area contributed by atoms with Crippen LogP contribution >= 0.6 is 23.2 Å². The highest BCUT2D eigenvalue weighted by molar-refractivity contribution is 6.42. The number of nitrogens with one attached hydrogen (secondary N) is 1. The number of benzene rings is 1. The minimum atomic E-state index is 0.278. The molecular weight excluding hydrogens is 269 g/mol. The lowest BCUT2D eigenvalue weighted by Gasteiger charge is -2.20. The lowest BCUT2D eigenvalue weighted by molar-refractivity contribution is 0.106. The molecule has 3 unspecified atom stereocenters. The van der Waals surface area contributed by atoms with Crippen molar-refractivity contribution in [3.05, 3.63) is 33.8 Å². The second-order valence-corrected chi connectivity index (χ2v) is 5.74. The van der Waals surface area contributed by atoms with E-state index in [9.17, 15) is 0 Å². The Morgan fingerprint density at radius 2 is 2.06 bits per heavy atom. The summed E-state index contributed by atoms with van der Waals surface area (Å²) in [6, 6.07) is 6.61. The molecule has 0 spiro atoms. The van der Waals surface area contributed by atoms with Crippen molar-refractivity contribution < 1.29 is 4.74 Å². The summed E-state index contributed by atoms with van der Waals surface area (Å²) in [4.78, 5) is 0. The van der Waals surface area contributed by atoms with E-state index in [1.54, 1.807) is 7.11 Å². The maximum atomic E-state index is 6.04. The van der Waals surface area contributed by atoms with Crippen LogP contribution in [0.4, 0.5) is 0 Å². The number of halogens is 2. The predicted octanol–water partition coefficient (Wildman–Crippen LogP) is 4.21. The quantitative estimate of drug-likeness (QED) is 0.896. The van der Waals surface area contributed by atoms with E-state index in [4.69, 9.17) is 27.9 Å². The number of hydrogen-bond acceptors (Lipinski definition) is 2. The molecule has 18 heavy (non-hydrogen) atoms. The smallest absolute Gasteiger partial charge is 0.0595 e. The highest BCUT2D eigenvalue weighted by Gasteiger charge is 2.25. The van der Waals surface area contributed by atoms with Crippen molar-refractivity contribution in [1.29, 1.82) is 0 Å². The topological polar surface area (TPSA) is 21.3 Å². The molecule has 2 nitrogen and oxygen atoms in total. The first-order valence-corrected chi connectivity index (χ1v) is 7.09. The average Bonchev–Trinajstić information content (AvgIpc) is 2.80. The molecule has 1 aliphatic rings. The summed E-state index contributed by atoms with van der Waals surface area (Å²) < 4.78 is 5.38. The molecule has 0 aliphatic heterocycles. The molecule has 0 amide bonds. The van der Waals surface area contributed by atoms with Gasteiger partial charge in [0, 0.05) is 19.2 Å². The highest BCUT2D eigenvalue weighted by atomic mass is 35.5. The average molecular weight is 288 g/mol. The molecule has 0 aromatic heterocycles. The second kappa shape index (κ2) is 6.25. The zero-order valence-corrected chi connectivity index (χ0v) is 12.3. The van der Waals surface area contributed by atoms with Crippen LogP contribution in [-0.4, -0.2) is 19.3 Å². The van der Waals surface area contributed by atoms with Crippen LogP contribution in [-0.2, 0) is 4.74 Å². The lowest BCUT2D eigenvalue weighted by atomic mass is 10.1. The van der Waals surface area contributed by atoms with E-state index in [2.05, 4.69) is 12.2 Å². The molecule has 1 aliphatic carbocycles. The van der Waals surface area contributed by atoms with Gasteiger partial charge in [0.05, 0.1) is 16.1 Å². The third-order valence-electron chi connectivity index (χ3n) is 3.65. The zero-order chi connectivity index (χ0) is 13.1. The summed E-state index contributed by atoms with van der Waals surface area (Å²) in [7, 11) is 1.79. The van der Waals surface area contributed by atoms with Gasteiger partial charge in [-0.2, -0.15) is 0 Å². The molecule has 1 aromatic rings. The number of methoxy groups -OCH3 is 1. The largest absolute Gasteiger partial charge is 0.381 e. The molecule has 1 saturated carbocycles. The second-order valence-electron chi connectivity index (χ2n) is 4.93. The molecule has 4 heteroatoms. The third kappa shape index (κ3) is 3.39. The van der Waals surface area contributed by atoms with Gasteiger partial charge in [0.15, 0.2) is 0 Å². The number of rotatable bonds is 4. The van der Waals surface area contributed by atoms with Crippen molar-refractivity contribution >= 4 is 23.2 Å². The zero-order valence-electron chi connectivity index (χ0n) is 10.7. The Bertz CT molecular complexity index is 411. The molecule has 100 valence electrons. The van der Waals surface area contributed by atoms with E-state index in [0.717, 1.165) is 12.8 Å². The van der Waals surface area contributed by atoms with Gasteiger partial charge in [-0.25, -0.2) is 0 Å². The van der Waals surface area contributed by atoms with Crippen LogP contribution in [0.15, 0.2) is 18.2 Å². The van der Waals surface area contributed by atoms with E-state index in [-0.39, 0.29) is 6.04 Å². The molecule has 1 N–H and O–H groups in total. The van der Waals surface area contributed by atoms with Gasteiger partial charge >= 0.3 is 0 Å². The van der Waals surface area contributed by atoms with Gasteiger partial charge in [-0.1, -0.05) is 29.3 Å². The molecule has 2 rings (SSSR count). The summed E-state index contributed by atoms with van der Waals surface area (Å²) in [5, 5.41) is 4.84. The molecule has 0 saturated heterocycles. The Kier molecular flexibility index (Phi) is 4.91. The minimum absolute atomic E-state index is 0.278. The normalized spacial score (nSPS) is 25.3. The fourth-order valence-electron chi connectivity index (χ4n) is 2.54. The maximum Gasteiger partial charge on any atom is 0.0595 e. The van der Waals surface area contributed by atoms with Gasteiger partial charge in [0.25, 0.3) is 0 Å². The fourth-order valence-corrected chi connectivity index (χ4v) is 2.84. The predicted molar refractivity (Wildman–Crippen MR) is 76.4 cm³/mol. The molecule has 3 atom stereocenters. The van der Waals surface area contributed by atoms with E-state index in [1.807, 2.05) is 18.2 Å². The standard InChI is InChI=1S/C14H19Cl2NO/c1-9(10-3-6-13(15)14(16)7-10)17-11-4-5-12(8-11)18-2/h3,6-7,9,11-12,17H,4-5,8H2,1-2H3. The minimum Gasteiger partial charge on any atom is -0.381 e. The summed E-state index contributed by atoms with van der Waals surface area (Å²) >= 11 is 12.0. The summed E-state index contributed by atoms with van der Waals surface area (Å²) in [5.74, 6) is 0. The molecular formula is C14H19Cl2NO. The van der Waals surface area contributed by atoms with Gasteiger partial charge in [0.2, 0.25) is 0 Å². The summed E-state index contributed by atoms with van der Waals surface area (Å²) in [5.41, 5.74) is 1.17. The van der Waals surface area contributed by atoms with E-state index < -0.39 is 0 Å². The van der Waals surface area contributed by atoms with Gasteiger partial charge < -0.3 is 10.1 Å². The molecule has 1 aromatic carbocycles. The Morgan fingerprint density at radius 1 is 1.28 bits per heavy atom. The van der Waals surface area contributed by atoms with Crippen molar-refractivity contribution in [3.63, 3.8) is 0 Å². The Balaban J connectivity index is 1.95. The Labute approximate surface area is 119 Å². The van der Waals surface area contributed by atoms with Gasteiger partial charge in [-0.15, -0.1) is 0 Å². The number of hydrogen-bond donors (Lipinski definition) is 1. The van der Waals surface area contributed by atoms with Crippen LogP contribution in [0.1, 0.15) is 37.8 Å². The van der Waals surface area contributed by atoms with E-state index in [1.165, 1.54) is 12.0 Å². The fraction of sp³-hybridized carbons (Fsp3) is 0.571. The monoisotopic (exact) mass is 287 g/mol. The van der Waals surface area contributed by atoms with Gasteiger partial charge in [0.1, 0.15) is 0 Å². The van der Waals surface area contributed by atoms with Crippen molar-refractivity contribution in [1.82, 2.24) is 5.32 Å². The summed E-state index contributed by atoms with van der Waals surface area (Å²) in [6.45, 7) is 2.15. The van der Waals surface area contributed by atoms with Crippen molar-refractivity contribution in [3.8, 4) is 0 Å². The van der Waals surface area contributed by atoms with Crippen LogP contribution in [0.25, 0.3) is 0 Å². The van der Waals surface area contributed by atoms with Crippen LogP contribution in [0, 0.1) is 0 Å². The van der Waals surface area contributed by atoms with Crippen LogP contribution in [0.2, 0.25) is 10.0 Å². The van der Waals surface area contributed by atoms with E-state index in [0.29, 0.717) is 22.2 Å². The summed E-state index contributed by atoms with van der Waals surface area (Å²) in [6.07, 6.45) is 3.80. The first-order chi connectivity index (χ1) is 8.60. The van der Waals surface area contributed by atoms with E-state index >= 15 is 0 Å². The Morgan fingerprint density at radius 3 is 2.67 bits per heavy atom. The third-order valence-corrected chi connectivity index (χ3v) is 4.39.